The van der Waals surface area contributed by atoms with E-state index in [-0.39, 0.29) is 17.4 Å². The number of phenols is 1. The number of carbonyl (C=O) groups is 1. The zero-order chi connectivity index (χ0) is 19.7. The van der Waals surface area contributed by atoms with Crippen LogP contribution in [-0.4, -0.2) is 45.8 Å². The van der Waals surface area contributed by atoms with Gasteiger partial charge in [-0.05, 0) is 36.6 Å². The lowest BCUT2D eigenvalue weighted by molar-refractivity contribution is -0.181. The van der Waals surface area contributed by atoms with Gasteiger partial charge in [-0.1, -0.05) is 30.3 Å². The smallest absolute Gasteiger partial charge is 0.256 e. The van der Waals surface area contributed by atoms with E-state index in [4.69, 9.17) is 4.74 Å². The summed E-state index contributed by atoms with van der Waals surface area (Å²) in [5.41, 5.74) is 0.440. The zero-order valence-corrected chi connectivity index (χ0v) is 15.6. The number of aliphatic hydroxyl groups is 1. The highest BCUT2D eigenvalue weighted by Crippen LogP contribution is 2.43. The average Bonchev–Trinajstić information content (AvgIpc) is 2.70. The number of halogens is 1. The van der Waals surface area contributed by atoms with Gasteiger partial charge in [-0.3, -0.25) is 4.79 Å². The number of phenolic OH excluding ortho intramolecular Hbond substituents is 1. The predicted molar refractivity (Wildman–Crippen MR) is 101 cm³/mol. The summed E-state index contributed by atoms with van der Waals surface area (Å²) in [6, 6.07) is 13.3. The van der Waals surface area contributed by atoms with Crippen LogP contribution in [0, 0.1) is 5.82 Å². The fourth-order valence-electron chi connectivity index (χ4n) is 4.32. The van der Waals surface area contributed by atoms with Crippen LogP contribution in [-0.2, 0) is 4.74 Å². The molecule has 2 N–H and O–H groups in total. The molecule has 2 atom stereocenters. The van der Waals surface area contributed by atoms with Gasteiger partial charge in [0, 0.05) is 25.9 Å². The van der Waals surface area contributed by atoms with Crippen molar-refractivity contribution in [2.75, 3.05) is 13.1 Å². The van der Waals surface area contributed by atoms with Gasteiger partial charge < -0.3 is 19.8 Å². The molecular weight excluding hydrogens is 361 g/mol. The summed E-state index contributed by atoms with van der Waals surface area (Å²) in [5.74, 6) is -1.21. The Labute approximate surface area is 163 Å². The molecule has 148 valence electrons. The van der Waals surface area contributed by atoms with Crippen molar-refractivity contribution < 1.29 is 24.1 Å². The monoisotopic (exact) mass is 385 g/mol. The van der Waals surface area contributed by atoms with Crippen molar-refractivity contribution in [2.45, 2.75) is 43.5 Å². The lowest BCUT2D eigenvalue weighted by Crippen LogP contribution is -2.52. The third kappa shape index (κ3) is 3.75. The molecule has 1 amide bonds. The van der Waals surface area contributed by atoms with E-state index in [1.54, 1.807) is 4.90 Å². The number of piperidine rings is 1. The third-order valence-corrected chi connectivity index (χ3v) is 5.80. The number of ether oxygens (including phenoxy) is 1. The number of benzene rings is 2. The molecular formula is C22H24FNO4. The minimum absolute atomic E-state index is 0.122. The first-order valence-corrected chi connectivity index (χ1v) is 9.64. The van der Waals surface area contributed by atoms with E-state index in [0.29, 0.717) is 38.8 Å². The lowest BCUT2D eigenvalue weighted by Gasteiger charge is -2.48. The van der Waals surface area contributed by atoms with Crippen molar-refractivity contribution >= 4 is 5.91 Å². The Kier molecular flexibility index (Phi) is 5.08. The molecule has 2 aromatic rings. The van der Waals surface area contributed by atoms with Gasteiger partial charge in [0.25, 0.3) is 5.91 Å². The molecule has 5 nitrogen and oxygen atoms in total. The van der Waals surface area contributed by atoms with Crippen molar-refractivity contribution in [1.29, 1.82) is 0 Å². The van der Waals surface area contributed by atoms with E-state index >= 15 is 0 Å². The molecule has 0 bridgehead atoms. The van der Waals surface area contributed by atoms with Gasteiger partial charge >= 0.3 is 0 Å². The van der Waals surface area contributed by atoms with E-state index in [2.05, 4.69) is 0 Å². The third-order valence-electron chi connectivity index (χ3n) is 5.80. The first-order chi connectivity index (χ1) is 13.5. The highest BCUT2D eigenvalue weighted by molar-refractivity contribution is 5.95. The number of rotatable bonds is 2. The van der Waals surface area contributed by atoms with Crippen LogP contribution in [0.25, 0.3) is 0 Å². The SMILES string of the molecule is O=C(c1cc(O)ccc1F)N1CCC2(CC1)C[C@H](O)C[C@H](c1ccccc1)O2. The van der Waals surface area contributed by atoms with E-state index in [1.165, 1.54) is 6.07 Å². The van der Waals surface area contributed by atoms with E-state index in [1.807, 2.05) is 30.3 Å². The van der Waals surface area contributed by atoms with Gasteiger partial charge in [-0.2, -0.15) is 0 Å². The Balaban J connectivity index is 1.46. The number of likely N-dealkylation sites (tertiary alicyclic amines) is 1. The van der Waals surface area contributed by atoms with E-state index < -0.39 is 23.4 Å². The Bertz CT molecular complexity index is 849. The number of carbonyl (C=O) groups excluding carboxylic acids is 1. The second kappa shape index (κ2) is 7.53. The van der Waals surface area contributed by atoms with Gasteiger partial charge in [0.05, 0.1) is 23.4 Å². The molecule has 2 saturated heterocycles. The molecule has 2 aromatic carbocycles. The van der Waals surface area contributed by atoms with Crippen LogP contribution in [0.15, 0.2) is 48.5 Å². The minimum Gasteiger partial charge on any atom is -0.508 e. The largest absolute Gasteiger partial charge is 0.508 e. The summed E-state index contributed by atoms with van der Waals surface area (Å²) < 4.78 is 20.4. The molecule has 0 aromatic heterocycles. The summed E-state index contributed by atoms with van der Waals surface area (Å²) >= 11 is 0. The minimum atomic E-state index is -0.642. The van der Waals surface area contributed by atoms with Gasteiger partial charge in [0.2, 0.25) is 0 Å². The molecule has 0 radical (unpaired) electrons. The van der Waals surface area contributed by atoms with E-state index in [9.17, 15) is 19.4 Å². The van der Waals surface area contributed by atoms with Gasteiger partial charge in [0.15, 0.2) is 0 Å². The van der Waals surface area contributed by atoms with Gasteiger partial charge in [-0.25, -0.2) is 4.39 Å². The van der Waals surface area contributed by atoms with Crippen LogP contribution in [0.3, 0.4) is 0 Å². The molecule has 0 aliphatic carbocycles. The molecule has 2 fully saturated rings. The van der Waals surface area contributed by atoms with Crippen LogP contribution in [0.1, 0.15) is 47.7 Å². The van der Waals surface area contributed by atoms with Crippen LogP contribution in [0.4, 0.5) is 4.39 Å². The quantitative estimate of drug-likeness (QED) is 0.831. The molecule has 0 unspecified atom stereocenters. The molecule has 2 aliphatic rings. The van der Waals surface area contributed by atoms with Crippen molar-refractivity contribution in [3.8, 4) is 5.75 Å². The fraction of sp³-hybridized carbons (Fsp3) is 0.409. The van der Waals surface area contributed by atoms with Gasteiger partial charge in [-0.15, -0.1) is 0 Å². The number of hydrogen-bond donors (Lipinski definition) is 2. The zero-order valence-electron chi connectivity index (χ0n) is 15.6. The first-order valence-electron chi connectivity index (χ1n) is 9.64. The summed E-state index contributed by atoms with van der Waals surface area (Å²) in [7, 11) is 0. The van der Waals surface area contributed by atoms with E-state index in [0.717, 1.165) is 17.7 Å². The highest BCUT2D eigenvalue weighted by Gasteiger charge is 2.44. The molecule has 2 heterocycles. The number of nitrogens with zero attached hydrogens (tertiary/aromatic N) is 1. The Morgan fingerprint density at radius 2 is 1.86 bits per heavy atom. The Morgan fingerprint density at radius 3 is 2.57 bits per heavy atom. The summed E-state index contributed by atoms with van der Waals surface area (Å²) in [6.45, 7) is 0.838. The molecule has 0 saturated carbocycles. The second-order valence-corrected chi connectivity index (χ2v) is 7.75. The van der Waals surface area contributed by atoms with Crippen molar-refractivity contribution in [1.82, 2.24) is 4.90 Å². The highest BCUT2D eigenvalue weighted by atomic mass is 19.1. The van der Waals surface area contributed by atoms with Crippen molar-refractivity contribution in [2.24, 2.45) is 0 Å². The molecule has 28 heavy (non-hydrogen) atoms. The Morgan fingerprint density at radius 1 is 1.14 bits per heavy atom. The molecule has 6 heteroatoms. The molecule has 1 spiro atoms. The normalized spacial score (nSPS) is 24.3. The van der Waals surface area contributed by atoms with Crippen molar-refractivity contribution in [3.63, 3.8) is 0 Å². The van der Waals surface area contributed by atoms with Crippen molar-refractivity contribution in [3.05, 3.63) is 65.5 Å². The maximum absolute atomic E-state index is 14.0. The molecule has 2 aliphatic heterocycles. The molecule has 4 rings (SSSR count). The standard InChI is InChI=1S/C22H24FNO4/c23-19-7-6-16(25)12-18(19)21(27)24-10-8-22(9-11-24)14-17(26)13-20(28-22)15-4-2-1-3-5-15/h1-7,12,17,20,25-26H,8-11,13-14H2/t17-,20-/m1/s1. The average molecular weight is 385 g/mol. The first kappa shape index (κ1) is 18.9. The van der Waals surface area contributed by atoms with Crippen LogP contribution < -0.4 is 0 Å². The van der Waals surface area contributed by atoms with Crippen LogP contribution >= 0.6 is 0 Å². The lowest BCUT2D eigenvalue weighted by atomic mass is 9.80. The number of aromatic hydroxyl groups is 1. The second-order valence-electron chi connectivity index (χ2n) is 7.75. The topological polar surface area (TPSA) is 70.0 Å². The summed E-state index contributed by atoms with van der Waals surface area (Å²) in [5, 5.41) is 20.0. The summed E-state index contributed by atoms with van der Waals surface area (Å²) in [6.07, 6.45) is 1.64. The number of amides is 1. The van der Waals surface area contributed by atoms with Crippen LogP contribution in [0.2, 0.25) is 0 Å². The Hall–Kier alpha value is -2.44. The van der Waals surface area contributed by atoms with Gasteiger partial charge in [0.1, 0.15) is 11.6 Å². The number of aliphatic hydroxyl groups excluding tert-OH is 1. The maximum atomic E-state index is 14.0. The van der Waals surface area contributed by atoms with Crippen LogP contribution in [0.5, 0.6) is 5.75 Å². The fourth-order valence-corrected chi connectivity index (χ4v) is 4.32. The maximum Gasteiger partial charge on any atom is 0.256 e. The predicted octanol–water partition coefficient (Wildman–Crippen LogP) is 3.42. The number of hydrogen-bond acceptors (Lipinski definition) is 4. The summed E-state index contributed by atoms with van der Waals surface area (Å²) in [4.78, 5) is 14.3.